The van der Waals surface area contributed by atoms with E-state index in [1.54, 1.807) is 7.11 Å². The van der Waals surface area contributed by atoms with Gasteiger partial charge in [-0.05, 0) is 52.6 Å². The molecule has 0 aromatic rings. The monoisotopic (exact) mass is 258 g/mol. The van der Waals surface area contributed by atoms with Crippen LogP contribution < -0.4 is 5.32 Å². The summed E-state index contributed by atoms with van der Waals surface area (Å²) in [6.45, 7) is 15.5. The van der Waals surface area contributed by atoms with Crippen LogP contribution in [0.15, 0.2) is 0 Å². The van der Waals surface area contributed by atoms with Gasteiger partial charge in [-0.25, -0.2) is 0 Å². The molecule has 0 fully saturated rings. The predicted octanol–water partition coefficient (Wildman–Crippen LogP) is 2.76. The first-order valence-corrected chi connectivity index (χ1v) is 7.44. The maximum absolute atomic E-state index is 5.19. The Morgan fingerprint density at radius 1 is 1.11 bits per heavy atom. The minimum absolute atomic E-state index is 0.596. The van der Waals surface area contributed by atoms with Gasteiger partial charge in [0.2, 0.25) is 0 Å². The first-order chi connectivity index (χ1) is 8.49. The van der Waals surface area contributed by atoms with Crippen molar-refractivity contribution < 1.29 is 4.74 Å². The van der Waals surface area contributed by atoms with Crippen LogP contribution in [0.5, 0.6) is 0 Å². The first kappa shape index (κ1) is 17.9. The molecule has 0 aliphatic heterocycles. The van der Waals surface area contributed by atoms with Gasteiger partial charge < -0.3 is 10.1 Å². The Balaban J connectivity index is 3.77. The number of methoxy groups -OCH3 is 1. The van der Waals surface area contributed by atoms with Crippen molar-refractivity contribution >= 4 is 0 Å². The molecule has 3 nitrogen and oxygen atoms in total. The Bertz CT molecular complexity index is 183. The lowest BCUT2D eigenvalue weighted by molar-refractivity contribution is 0.0974. The Labute approximate surface area is 114 Å². The maximum atomic E-state index is 5.19. The molecule has 1 N–H and O–H groups in total. The van der Waals surface area contributed by atoms with E-state index in [0.29, 0.717) is 12.1 Å². The van der Waals surface area contributed by atoms with Crippen LogP contribution in [0.2, 0.25) is 0 Å². The average Bonchev–Trinajstić information content (AvgIpc) is 2.28. The minimum Gasteiger partial charge on any atom is -0.383 e. The van der Waals surface area contributed by atoms with Gasteiger partial charge in [-0.15, -0.1) is 0 Å². The second-order valence-electron chi connectivity index (χ2n) is 5.91. The van der Waals surface area contributed by atoms with E-state index in [1.807, 2.05) is 0 Å². The van der Waals surface area contributed by atoms with E-state index in [0.717, 1.165) is 32.2 Å². The molecule has 0 aliphatic rings. The van der Waals surface area contributed by atoms with Crippen LogP contribution in [-0.4, -0.2) is 50.3 Å². The van der Waals surface area contributed by atoms with E-state index < -0.39 is 0 Å². The maximum Gasteiger partial charge on any atom is 0.0589 e. The summed E-state index contributed by atoms with van der Waals surface area (Å²) < 4.78 is 5.19. The van der Waals surface area contributed by atoms with Crippen molar-refractivity contribution in [3.8, 4) is 0 Å². The van der Waals surface area contributed by atoms with E-state index in [-0.39, 0.29) is 0 Å². The molecule has 0 aliphatic carbocycles. The third kappa shape index (κ3) is 8.90. The summed E-state index contributed by atoms with van der Waals surface area (Å²) >= 11 is 0. The Morgan fingerprint density at radius 3 is 2.28 bits per heavy atom. The molecule has 0 heterocycles. The van der Waals surface area contributed by atoms with Crippen LogP contribution in [0.1, 0.15) is 47.5 Å². The highest BCUT2D eigenvalue weighted by molar-refractivity contribution is 4.71. The summed E-state index contributed by atoms with van der Waals surface area (Å²) in [4.78, 5) is 2.53. The Hall–Kier alpha value is -0.120. The fourth-order valence-electron chi connectivity index (χ4n) is 2.26. The molecule has 0 saturated heterocycles. The number of ether oxygens (including phenoxy) is 1. The smallest absolute Gasteiger partial charge is 0.0589 e. The fourth-order valence-corrected chi connectivity index (χ4v) is 2.26. The van der Waals surface area contributed by atoms with Gasteiger partial charge in [0.25, 0.3) is 0 Å². The summed E-state index contributed by atoms with van der Waals surface area (Å²) in [5.74, 6) is 0.747. The lowest BCUT2D eigenvalue weighted by atomic mass is 10.1. The summed E-state index contributed by atoms with van der Waals surface area (Å²) in [5.41, 5.74) is 0. The van der Waals surface area contributed by atoms with Gasteiger partial charge >= 0.3 is 0 Å². The lowest BCUT2D eigenvalue weighted by Crippen LogP contribution is -2.41. The highest BCUT2D eigenvalue weighted by atomic mass is 16.5. The topological polar surface area (TPSA) is 24.5 Å². The van der Waals surface area contributed by atoms with Crippen molar-refractivity contribution in [1.82, 2.24) is 10.2 Å². The van der Waals surface area contributed by atoms with Crippen molar-refractivity contribution in [2.75, 3.05) is 33.4 Å². The molecule has 0 bridgehead atoms. The molecular weight excluding hydrogens is 224 g/mol. The van der Waals surface area contributed by atoms with Crippen molar-refractivity contribution in [1.29, 1.82) is 0 Å². The highest BCUT2D eigenvalue weighted by Crippen LogP contribution is 2.10. The van der Waals surface area contributed by atoms with Crippen molar-refractivity contribution in [2.24, 2.45) is 5.92 Å². The number of rotatable bonds is 11. The molecule has 0 aromatic carbocycles. The SMILES string of the molecule is COCCN(C(C)C)C(C)CCCNCC(C)C. The van der Waals surface area contributed by atoms with Crippen LogP contribution in [0.4, 0.5) is 0 Å². The van der Waals surface area contributed by atoms with Gasteiger partial charge in [-0.3, -0.25) is 4.90 Å². The van der Waals surface area contributed by atoms with Crippen LogP contribution in [0.25, 0.3) is 0 Å². The molecule has 110 valence electrons. The van der Waals surface area contributed by atoms with Gasteiger partial charge in [-0.1, -0.05) is 13.8 Å². The molecule has 3 heteroatoms. The van der Waals surface area contributed by atoms with Crippen molar-refractivity contribution in [3.63, 3.8) is 0 Å². The second kappa shape index (κ2) is 10.8. The molecule has 0 radical (unpaired) electrons. The van der Waals surface area contributed by atoms with E-state index in [4.69, 9.17) is 4.74 Å². The molecule has 18 heavy (non-hydrogen) atoms. The quantitative estimate of drug-likeness (QED) is 0.577. The van der Waals surface area contributed by atoms with Crippen LogP contribution in [0, 0.1) is 5.92 Å². The molecule has 1 atom stereocenters. The molecule has 0 amide bonds. The first-order valence-electron chi connectivity index (χ1n) is 7.44. The third-order valence-electron chi connectivity index (χ3n) is 3.31. The Morgan fingerprint density at radius 2 is 1.78 bits per heavy atom. The highest BCUT2D eigenvalue weighted by Gasteiger charge is 2.16. The van der Waals surface area contributed by atoms with Crippen molar-refractivity contribution in [3.05, 3.63) is 0 Å². The zero-order valence-electron chi connectivity index (χ0n) is 13.3. The normalized spacial score (nSPS) is 13.8. The molecule has 0 aromatic heterocycles. The van der Waals surface area contributed by atoms with Gasteiger partial charge in [0, 0.05) is 25.7 Å². The largest absolute Gasteiger partial charge is 0.383 e. The van der Waals surface area contributed by atoms with Crippen LogP contribution in [-0.2, 0) is 4.74 Å². The summed E-state index contributed by atoms with van der Waals surface area (Å²) in [5, 5.41) is 3.51. The van der Waals surface area contributed by atoms with E-state index in [2.05, 4.69) is 44.8 Å². The molecule has 0 saturated carbocycles. The zero-order chi connectivity index (χ0) is 14.0. The van der Waals surface area contributed by atoms with E-state index >= 15 is 0 Å². The predicted molar refractivity (Wildman–Crippen MR) is 80.1 cm³/mol. The third-order valence-corrected chi connectivity index (χ3v) is 3.31. The van der Waals surface area contributed by atoms with Crippen molar-refractivity contribution in [2.45, 2.75) is 59.5 Å². The Kier molecular flexibility index (Phi) is 10.7. The molecule has 0 spiro atoms. The second-order valence-corrected chi connectivity index (χ2v) is 5.91. The van der Waals surface area contributed by atoms with Crippen LogP contribution >= 0.6 is 0 Å². The fraction of sp³-hybridized carbons (Fsp3) is 1.00. The number of nitrogens with zero attached hydrogens (tertiary/aromatic N) is 1. The average molecular weight is 258 g/mol. The number of nitrogens with one attached hydrogen (secondary N) is 1. The molecular formula is C15H34N2O. The number of hydrogen-bond donors (Lipinski definition) is 1. The summed E-state index contributed by atoms with van der Waals surface area (Å²) in [6.07, 6.45) is 2.51. The molecule has 0 rings (SSSR count). The van der Waals surface area contributed by atoms with Gasteiger partial charge in [-0.2, -0.15) is 0 Å². The van der Waals surface area contributed by atoms with Crippen LogP contribution in [0.3, 0.4) is 0 Å². The molecule has 1 unspecified atom stereocenters. The van der Waals surface area contributed by atoms with Gasteiger partial charge in [0.1, 0.15) is 0 Å². The zero-order valence-corrected chi connectivity index (χ0v) is 13.3. The van der Waals surface area contributed by atoms with E-state index in [9.17, 15) is 0 Å². The standard InChI is InChI=1S/C15H34N2O/c1-13(2)12-16-9-7-8-15(5)17(14(3)4)10-11-18-6/h13-16H,7-12H2,1-6H3. The van der Waals surface area contributed by atoms with Gasteiger partial charge in [0.05, 0.1) is 6.61 Å². The summed E-state index contributed by atoms with van der Waals surface area (Å²) in [7, 11) is 1.78. The van der Waals surface area contributed by atoms with E-state index in [1.165, 1.54) is 12.8 Å². The minimum atomic E-state index is 0.596. The van der Waals surface area contributed by atoms with Gasteiger partial charge in [0.15, 0.2) is 0 Å². The lowest BCUT2D eigenvalue weighted by Gasteiger charge is -2.32. The summed E-state index contributed by atoms with van der Waals surface area (Å²) in [6, 6.07) is 1.24. The number of hydrogen-bond acceptors (Lipinski definition) is 3.